The zero-order valence-corrected chi connectivity index (χ0v) is 18.7. The van der Waals surface area contributed by atoms with E-state index in [1.54, 1.807) is 19.1 Å². The molecule has 33 heavy (non-hydrogen) atoms. The topological polar surface area (TPSA) is 83.6 Å². The Labute approximate surface area is 189 Å². The number of fused-ring (bicyclic) bond motifs is 1. The van der Waals surface area contributed by atoms with Crippen LogP contribution in [0.25, 0.3) is 0 Å². The number of hydrogen-bond acceptors (Lipinski definition) is 4. The number of nitrogens with zero attached hydrogens (tertiary/aromatic N) is 1. The number of rotatable bonds is 5. The van der Waals surface area contributed by atoms with Gasteiger partial charge in [0, 0.05) is 5.69 Å². The maximum absolute atomic E-state index is 12.9. The number of aryl methyl sites for hydroxylation is 1. The molecule has 0 bridgehead atoms. The van der Waals surface area contributed by atoms with Gasteiger partial charge in [0.05, 0.1) is 28.8 Å². The summed E-state index contributed by atoms with van der Waals surface area (Å²) < 4.78 is 66.4. The van der Waals surface area contributed by atoms with Gasteiger partial charge in [-0.3, -0.25) is 19.2 Å². The predicted octanol–water partition coefficient (Wildman–Crippen LogP) is 4.49. The van der Waals surface area contributed by atoms with Crippen LogP contribution in [0.2, 0.25) is 0 Å². The van der Waals surface area contributed by atoms with Gasteiger partial charge in [0.2, 0.25) is 11.8 Å². The highest BCUT2D eigenvalue weighted by Gasteiger charge is 2.47. The van der Waals surface area contributed by atoms with Gasteiger partial charge in [-0.2, -0.15) is 13.2 Å². The molecule has 0 radical (unpaired) electrons. The Balaban J connectivity index is 1.55. The second kappa shape index (κ2) is 8.48. The fourth-order valence-electron chi connectivity index (χ4n) is 4.54. The molecule has 2 atom stereocenters. The number of carbonyl (C=O) groups is 2. The van der Waals surface area contributed by atoms with Crippen LogP contribution in [0.4, 0.5) is 18.9 Å². The summed E-state index contributed by atoms with van der Waals surface area (Å²) in [5.41, 5.74) is 0.00515. The summed E-state index contributed by atoms with van der Waals surface area (Å²) in [6, 6.07) is 8.32. The summed E-state index contributed by atoms with van der Waals surface area (Å²) in [5, 5.41) is 0. The van der Waals surface area contributed by atoms with Crippen LogP contribution in [0.1, 0.15) is 42.4 Å². The third kappa shape index (κ3) is 4.62. The Morgan fingerprint density at radius 2 is 1.55 bits per heavy atom. The van der Waals surface area contributed by atoms with Crippen LogP contribution in [0.5, 0.6) is 0 Å². The molecule has 4 rings (SSSR count). The van der Waals surface area contributed by atoms with E-state index in [4.69, 9.17) is 0 Å². The standard InChI is InChI=1S/C23H23F3N2O4S/c1-14-6-7-15(13-28-21(29)18-4-2-3-5-19(18)22(28)30)12-20(14)33(31,32)27-17-10-8-16(9-11-17)23(24,25)26/h6-12,18-19,27H,2-5,13H2,1H3/t18-,19-/m0/s1. The molecule has 2 aromatic carbocycles. The first-order valence-corrected chi connectivity index (χ1v) is 12.1. The van der Waals surface area contributed by atoms with Crippen molar-refractivity contribution in [3.05, 3.63) is 59.2 Å². The van der Waals surface area contributed by atoms with Crippen molar-refractivity contribution < 1.29 is 31.2 Å². The molecule has 1 saturated carbocycles. The third-order valence-corrected chi connectivity index (χ3v) is 7.80. The van der Waals surface area contributed by atoms with Gasteiger partial charge in [-0.15, -0.1) is 0 Å². The van der Waals surface area contributed by atoms with Crippen molar-refractivity contribution in [2.75, 3.05) is 4.72 Å². The number of anilines is 1. The number of carbonyl (C=O) groups excluding carboxylic acids is 2. The Morgan fingerprint density at radius 3 is 2.09 bits per heavy atom. The summed E-state index contributed by atoms with van der Waals surface area (Å²) >= 11 is 0. The summed E-state index contributed by atoms with van der Waals surface area (Å²) in [6.07, 6.45) is -1.32. The fraction of sp³-hybridized carbons (Fsp3) is 0.391. The van der Waals surface area contributed by atoms with Gasteiger partial charge in [-0.25, -0.2) is 8.42 Å². The molecule has 10 heteroatoms. The number of likely N-dealkylation sites (tertiary alicyclic amines) is 1. The Hall–Kier alpha value is -2.88. The number of imide groups is 1. The van der Waals surface area contributed by atoms with E-state index in [9.17, 15) is 31.2 Å². The summed E-state index contributed by atoms with van der Waals surface area (Å²) in [5.74, 6) is -1.00. The van der Waals surface area contributed by atoms with E-state index >= 15 is 0 Å². The molecule has 176 valence electrons. The van der Waals surface area contributed by atoms with Gasteiger partial charge in [-0.1, -0.05) is 25.0 Å². The molecule has 0 unspecified atom stereocenters. The number of halogens is 3. The van der Waals surface area contributed by atoms with Crippen molar-refractivity contribution in [3.63, 3.8) is 0 Å². The number of nitrogens with one attached hydrogen (secondary N) is 1. The van der Waals surface area contributed by atoms with E-state index in [-0.39, 0.29) is 40.8 Å². The molecule has 1 saturated heterocycles. The average molecular weight is 481 g/mol. The van der Waals surface area contributed by atoms with E-state index in [2.05, 4.69) is 4.72 Å². The molecule has 2 fully saturated rings. The van der Waals surface area contributed by atoms with E-state index in [1.165, 1.54) is 11.0 Å². The zero-order chi connectivity index (χ0) is 24.0. The number of amides is 2. The first-order valence-electron chi connectivity index (χ1n) is 10.6. The van der Waals surface area contributed by atoms with Crippen LogP contribution in [0.3, 0.4) is 0 Å². The van der Waals surface area contributed by atoms with E-state index in [0.717, 1.165) is 37.1 Å². The molecule has 0 spiro atoms. The molecule has 1 heterocycles. The second-order valence-corrected chi connectivity index (χ2v) is 10.2. The molecule has 2 aliphatic rings. The monoisotopic (exact) mass is 480 g/mol. The number of alkyl halides is 3. The number of benzene rings is 2. The summed E-state index contributed by atoms with van der Waals surface area (Å²) in [7, 11) is -4.12. The van der Waals surface area contributed by atoms with E-state index < -0.39 is 21.8 Å². The van der Waals surface area contributed by atoms with Crippen LogP contribution in [0.15, 0.2) is 47.4 Å². The minimum absolute atomic E-state index is 0.0122. The van der Waals surface area contributed by atoms with Gasteiger partial charge in [0.1, 0.15) is 0 Å². The molecule has 6 nitrogen and oxygen atoms in total. The zero-order valence-electron chi connectivity index (χ0n) is 17.9. The lowest BCUT2D eigenvalue weighted by atomic mass is 9.81. The first kappa shape index (κ1) is 23.3. The van der Waals surface area contributed by atoms with Gasteiger partial charge in [-0.05, 0) is 61.2 Å². The van der Waals surface area contributed by atoms with E-state index in [1.807, 2.05) is 0 Å². The van der Waals surface area contributed by atoms with Crippen LogP contribution < -0.4 is 4.72 Å². The maximum atomic E-state index is 12.9. The quantitative estimate of drug-likeness (QED) is 0.640. The minimum Gasteiger partial charge on any atom is -0.280 e. The SMILES string of the molecule is Cc1ccc(CN2C(=O)[C@H]3CCCC[C@@H]3C2=O)cc1S(=O)(=O)Nc1ccc(C(F)(F)F)cc1. The van der Waals surface area contributed by atoms with Crippen molar-refractivity contribution in [2.45, 2.75) is 50.2 Å². The Bertz CT molecular complexity index is 1170. The van der Waals surface area contributed by atoms with E-state index in [0.29, 0.717) is 24.0 Å². The van der Waals surface area contributed by atoms with Gasteiger partial charge < -0.3 is 0 Å². The first-order chi connectivity index (χ1) is 15.5. The van der Waals surface area contributed by atoms with Gasteiger partial charge in [0.15, 0.2) is 0 Å². The molecule has 2 amide bonds. The molecular formula is C23H23F3N2O4S. The lowest BCUT2D eigenvalue weighted by Gasteiger charge is -2.19. The number of sulfonamides is 1. The fourth-order valence-corrected chi connectivity index (χ4v) is 5.89. The highest BCUT2D eigenvalue weighted by Crippen LogP contribution is 2.39. The van der Waals surface area contributed by atoms with Crippen LogP contribution >= 0.6 is 0 Å². The van der Waals surface area contributed by atoms with Crippen molar-refractivity contribution in [1.82, 2.24) is 4.90 Å². The average Bonchev–Trinajstić information content (AvgIpc) is 2.99. The van der Waals surface area contributed by atoms with Crippen molar-refractivity contribution >= 4 is 27.5 Å². The molecule has 2 aromatic rings. The largest absolute Gasteiger partial charge is 0.416 e. The predicted molar refractivity (Wildman–Crippen MR) is 114 cm³/mol. The summed E-state index contributed by atoms with van der Waals surface area (Å²) in [4.78, 5) is 26.6. The Kier molecular flexibility index (Phi) is 5.98. The smallest absolute Gasteiger partial charge is 0.280 e. The van der Waals surface area contributed by atoms with Crippen LogP contribution in [-0.2, 0) is 32.3 Å². The van der Waals surface area contributed by atoms with Crippen molar-refractivity contribution in [1.29, 1.82) is 0 Å². The summed E-state index contributed by atoms with van der Waals surface area (Å²) in [6.45, 7) is 1.57. The van der Waals surface area contributed by atoms with Crippen LogP contribution in [-0.4, -0.2) is 25.1 Å². The Morgan fingerprint density at radius 1 is 0.970 bits per heavy atom. The van der Waals surface area contributed by atoms with Gasteiger partial charge in [0.25, 0.3) is 10.0 Å². The normalized spacial score (nSPS) is 21.3. The molecule has 1 aliphatic heterocycles. The third-order valence-electron chi connectivity index (χ3n) is 6.28. The molecule has 1 aliphatic carbocycles. The molecular weight excluding hydrogens is 457 g/mol. The second-order valence-electron chi connectivity index (χ2n) is 8.54. The molecule has 0 aromatic heterocycles. The lowest BCUT2D eigenvalue weighted by molar-refractivity contribution is -0.141. The minimum atomic E-state index is -4.52. The van der Waals surface area contributed by atoms with Crippen molar-refractivity contribution in [2.24, 2.45) is 11.8 Å². The number of hydrogen-bond donors (Lipinski definition) is 1. The van der Waals surface area contributed by atoms with Crippen LogP contribution in [0, 0.1) is 18.8 Å². The maximum Gasteiger partial charge on any atom is 0.416 e. The van der Waals surface area contributed by atoms with Crippen molar-refractivity contribution in [3.8, 4) is 0 Å². The highest BCUT2D eigenvalue weighted by molar-refractivity contribution is 7.92. The molecule has 1 N–H and O–H groups in total. The lowest BCUT2D eigenvalue weighted by Crippen LogP contribution is -2.30. The van der Waals surface area contributed by atoms with Gasteiger partial charge >= 0.3 is 6.18 Å². The highest BCUT2D eigenvalue weighted by atomic mass is 32.2.